The van der Waals surface area contributed by atoms with Gasteiger partial charge in [0.15, 0.2) is 5.76 Å². The van der Waals surface area contributed by atoms with Gasteiger partial charge in [0, 0.05) is 23.9 Å². The van der Waals surface area contributed by atoms with Crippen LogP contribution in [0.15, 0.2) is 83.3 Å². The lowest BCUT2D eigenvalue weighted by molar-refractivity contribution is -0.129. The molecule has 42 heavy (non-hydrogen) atoms. The standard InChI is InChI=1S/C31H45ClN4O6/c1-21(20-22(2)13-10-15-25(41-7)28(33)38)12-8-9-16-26(37)36-27(31(4,5)6)29(39)35-19-11-14-24(42-30(34)40)18-17-23(3)32/h8-13,15-17,19-20,22,24,27H,14,18H2,1-7H3,(H2,33,38)(H2,34,40)(H,35,39)(H,36,37)/b12-8-,13-10+,16-9-,19-11-,21-20+,23-17+,25-15+. The molecule has 0 aromatic carbocycles. The average molecular weight is 605 g/mol. The second-order valence-electron chi connectivity index (χ2n) is 10.5. The van der Waals surface area contributed by atoms with E-state index in [1.165, 1.54) is 25.5 Å². The van der Waals surface area contributed by atoms with Crippen molar-refractivity contribution in [3.05, 3.63) is 83.3 Å². The van der Waals surface area contributed by atoms with Crippen molar-refractivity contribution in [2.45, 2.75) is 66.5 Å². The van der Waals surface area contributed by atoms with Crippen LogP contribution in [0.3, 0.4) is 0 Å². The number of nitrogens with one attached hydrogen (secondary N) is 2. The number of primary amides is 2. The van der Waals surface area contributed by atoms with E-state index in [0.29, 0.717) is 17.9 Å². The van der Waals surface area contributed by atoms with Gasteiger partial charge in [-0.15, -0.1) is 0 Å². The van der Waals surface area contributed by atoms with Crippen LogP contribution in [0.2, 0.25) is 0 Å². The lowest BCUT2D eigenvalue weighted by Gasteiger charge is -2.29. The Kier molecular flexibility index (Phi) is 18.0. The molecular formula is C31H45ClN4O6. The number of amides is 4. The minimum Gasteiger partial charge on any atom is -0.491 e. The Morgan fingerprint density at radius 1 is 1.00 bits per heavy atom. The van der Waals surface area contributed by atoms with Gasteiger partial charge in [0.2, 0.25) is 11.8 Å². The summed E-state index contributed by atoms with van der Waals surface area (Å²) in [6, 6.07) is -0.820. The molecule has 0 aliphatic heterocycles. The van der Waals surface area contributed by atoms with Gasteiger partial charge in [0.25, 0.3) is 5.91 Å². The third-order valence-corrected chi connectivity index (χ3v) is 5.63. The molecule has 0 fully saturated rings. The summed E-state index contributed by atoms with van der Waals surface area (Å²) in [6.07, 6.45) is 17.6. The number of allylic oxidation sites excluding steroid dienone is 9. The van der Waals surface area contributed by atoms with Gasteiger partial charge in [-0.2, -0.15) is 0 Å². The van der Waals surface area contributed by atoms with Gasteiger partial charge in [0.05, 0.1) is 7.11 Å². The first-order valence-corrected chi connectivity index (χ1v) is 13.7. The van der Waals surface area contributed by atoms with Crippen LogP contribution in [-0.4, -0.2) is 43.1 Å². The number of hydrogen-bond acceptors (Lipinski definition) is 6. The van der Waals surface area contributed by atoms with Crippen LogP contribution in [0.25, 0.3) is 0 Å². The molecule has 0 saturated heterocycles. The first-order chi connectivity index (χ1) is 19.6. The summed E-state index contributed by atoms with van der Waals surface area (Å²) in [7, 11) is 1.37. The number of halogens is 1. The molecule has 3 atom stereocenters. The highest BCUT2D eigenvalue weighted by molar-refractivity contribution is 6.29. The minimum atomic E-state index is -0.901. The van der Waals surface area contributed by atoms with Crippen molar-refractivity contribution in [3.63, 3.8) is 0 Å². The first-order valence-electron chi connectivity index (χ1n) is 13.4. The second kappa shape index (κ2) is 19.9. The molecule has 0 spiro atoms. The maximum Gasteiger partial charge on any atom is 0.404 e. The van der Waals surface area contributed by atoms with Crippen molar-refractivity contribution >= 4 is 35.4 Å². The van der Waals surface area contributed by atoms with Crippen LogP contribution < -0.4 is 22.1 Å². The number of carbonyl (C=O) groups excluding carboxylic acids is 4. The predicted molar refractivity (Wildman–Crippen MR) is 167 cm³/mol. The van der Waals surface area contributed by atoms with Gasteiger partial charge in [-0.25, -0.2) is 4.79 Å². The molecular weight excluding hydrogens is 560 g/mol. The Labute approximate surface area is 254 Å². The molecule has 0 aliphatic rings. The predicted octanol–water partition coefficient (Wildman–Crippen LogP) is 4.80. The molecule has 3 unspecified atom stereocenters. The molecule has 4 amide bonds. The van der Waals surface area contributed by atoms with Crippen LogP contribution >= 0.6 is 11.6 Å². The van der Waals surface area contributed by atoms with Crippen molar-refractivity contribution in [3.8, 4) is 0 Å². The van der Waals surface area contributed by atoms with Crippen molar-refractivity contribution < 1.29 is 28.7 Å². The Bertz CT molecular complexity index is 1140. The van der Waals surface area contributed by atoms with Gasteiger partial charge < -0.3 is 31.6 Å². The molecule has 0 saturated carbocycles. The summed E-state index contributed by atoms with van der Waals surface area (Å²) in [5.74, 6) is -1.33. The summed E-state index contributed by atoms with van der Waals surface area (Å²) in [6.45, 7) is 11.1. The molecule has 11 heteroatoms. The highest BCUT2D eigenvalue weighted by atomic mass is 35.5. The summed E-state index contributed by atoms with van der Waals surface area (Å²) in [5, 5.41) is 5.97. The van der Waals surface area contributed by atoms with Gasteiger partial charge in [-0.1, -0.05) is 93.5 Å². The van der Waals surface area contributed by atoms with E-state index in [1.807, 2.05) is 52.8 Å². The van der Waals surface area contributed by atoms with E-state index in [9.17, 15) is 19.2 Å². The Hall–Kier alpha value is -4.05. The van der Waals surface area contributed by atoms with E-state index < -0.39 is 41.4 Å². The van der Waals surface area contributed by atoms with Crippen LogP contribution in [0, 0.1) is 11.3 Å². The van der Waals surface area contributed by atoms with Gasteiger partial charge in [-0.05, 0) is 37.5 Å². The second-order valence-corrected chi connectivity index (χ2v) is 11.1. The van der Waals surface area contributed by atoms with Crippen molar-refractivity contribution in [2.24, 2.45) is 22.8 Å². The average Bonchev–Trinajstić information content (AvgIpc) is 2.87. The lowest BCUT2D eigenvalue weighted by Crippen LogP contribution is -2.52. The first kappa shape index (κ1) is 38.0. The fourth-order valence-electron chi connectivity index (χ4n) is 3.41. The number of nitrogens with two attached hydrogens (primary N) is 2. The molecule has 10 nitrogen and oxygen atoms in total. The zero-order valence-electron chi connectivity index (χ0n) is 25.5. The molecule has 0 rings (SSSR count). The van der Waals surface area contributed by atoms with Crippen molar-refractivity contribution in [1.82, 2.24) is 10.6 Å². The van der Waals surface area contributed by atoms with E-state index in [4.69, 9.17) is 32.5 Å². The van der Waals surface area contributed by atoms with Crippen molar-refractivity contribution in [2.75, 3.05) is 7.11 Å². The summed E-state index contributed by atoms with van der Waals surface area (Å²) >= 11 is 5.84. The van der Waals surface area contributed by atoms with E-state index in [2.05, 4.69) is 10.6 Å². The van der Waals surface area contributed by atoms with Crippen molar-refractivity contribution in [1.29, 1.82) is 0 Å². The van der Waals surface area contributed by atoms with Crippen LogP contribution in [-0.2, 0) is 23.9 Å². The normalized spacial score (nSPS) is 15.7. The van der Waals surface area contributed by atoms with Gasteiger partial charge >= 0.3 is 6.09 Å². The molecule has 0 radical (unpaired) electrons. The van der Waals surface area contributed by atoms with Gasteiger partial charge in [-0.3, -0.25) is 14.4 Å². The molecule has 0 heterocycles. The monoisotopic (exact) mass is 604 g/mol. The Morgan fingerprint density at radius 3 is 2.19 bits per heavy atom. The Balaban J connectivity index is 5.12. The SMILES string of the molecule is CO/C(=C/C=C/C(C)/C=C(C)/C=C\C=C/C(=O)NC(C(=O)N/C=C\CC(C/C=C(\C)Cl)OC(N)=O)C(C)(C)C)C(N)=O. The maximum absolute atomic E-state index is 12.9. The summed E-state index contributed by atoms with van der Waals surface area (Å²) in [5.41, 5.74) is 10.7. The largest absolute Gasteiger partial charge is 0.491 e. The maximum atomic E-state index is 12.9. The third-order valence-electron chi connectivity index (χ3n) is 5.47. The minimum absolute atomic E-state index is 0.0668. The highest BCUT2D eigenvalue weighted by Gasteiger charge is 2.31. The van der Waals surface area contributed by atoms with E-state index in [0.717, 1.165) is 5.57 Å². The fraction of sp³-hybridized carbons (Fsp3) is 0.419. The Morgan fingerprint density at radius 2 is 1.64 bits per heavy atom. The lowest BCUT2D eigenvalue weighted by atomic mass is 9.86. The zero-order chi connectivity index (χ0) is 32.3. The number of carbonyl (C=O) groups is 4. The fourth-order valence-corrected chi connectivity index (χ4v) is 3.49. The molecule has 0 aromatic rings. The third kappa shape index (κ3) is 18.3. The molecule has 0 aromatic heterocycles. The molecule has 0 aliphatic carbocycles. The number of hydrogen-bond donors (Lipinski definition) is 4. The zero-order valence-corrected chi connectivity index (χ0v) is 26.2. The topological polar surface area (TPSA) is 163 Å². The smallest absolute Gasteiger partial charge is 0.404 e. The summed E-state index contributed by atoms with van der Waals surface area (Å²) in [4.78, 5) is 47.7. The number of rotatable bonds is 16. The van der Waals surface area contributed by atoms with E-state index >= 15 is 0 Å². The van der Waals surface area contributed by atoms with E-state index in [1.54, 1.807) is 37.3 Å². The van der Waals surface area contributed by atoms with Crippen LogP contribution in [0.4, 0.5) is 4.79 Å². The number of methoxy groups -OCH3 is 1. The molecule has 0 bridgehead atoms. The van der Waals surface area contributed by atoms with Crippen LogP contribution in [0.5, 0.6) is 0 Å². The molecule has 232 valence electrons. The van der Waals surface area contributed by atoms with Crippen LogP contribution in [0.1, 0.15) is 54.4 Å². The summed E-state index contributed by atoms with van der Waals surface area (Å²) < 4.78 is 9.94. The van der Waals surface area contributed by atoms with E-state index in [-0.39, 0.29) is 11.7 Å². The quantitative estimate of drug-likeness (QED) is 0.112. The molecule has 6 N–H and O–H groups in total. The number of ether oxygens (including phenoxy) is 2. The van der Waals surface area contributed by atoms with Gasteiger partial charge in [0.1, 0.15) is 12.1 Å². The highest BCUT2D eigenvalue weighted by Crippen LogP contribution is 2.19.